The number of rotatable bonds is 5. The van der Waals surface area contributed by atoms with E-state index in [-0.39, 0.29) is 24.9 Å². The zero-order valence-electron chi connectivity index (χ0n) is 10.5. The van der Waals surface area contributed by atoms with Crippen molar-refractivity contribution in [3.63, 3.8) is 0 Å². The van der Waals surface area contributed by atoms with Crippen molar-refractivity contribution in [1.29, 1.82) is 0 Å². The number of esters is 2. The van der Waals surface area contributed by atoms with Crippen LogP contribution >= 0.6 is 31.9 Å². The zero-order chi connectivity index (χ0) is 14.0. The summed E-state index contributed by atoms with van der Waals surface area (Å²) >= 11 is 6.78. The van der Waals surface area contributed by atoms with Gasteiger partial charge in [-0.25, -0.2) is 0 Å². The largest absolute Gasteiger partial charge is 0.469 e. The van der Waals surface area contributed by atoms with Gasteiger partial charge in [-0.2, -0.15) is 0 Å². The van der Waals surface area contributed by atoms with Crippen molar-refractivity contribution in [2.24, 2.45) is 5.92 Å². The van der Waals surface area contributed by atoms with Crippen LogP contribution in [0.1, 0.15) is 19.8 Å². The van der Waals surface area contributed by atoms with E-state index < -0.39 is 14.8 Å². The maximum atomic E-state index is 12.1. The summed E-state index contributed by atoms with van der Waals surface area (Å²) < 4.78 is 13.1. The SMILES string of the molecule is CCOC(=O)C1(Br)C(CC(=O)OC)CC1(Br)OC. The minimum absolute atomic E-state index is 0.136. The molecule has 0 radical (unpaired) electrons. The van der Waals surface area contributed by atoms with Crippen LogP contribution in [0.4, 0.5) is 0 Å². The maximum absolute atomic E-state index is 12.1. The molecule has 1 rings (SSSR count). The smallest absolute Gasteiger partial charge is 0.327 e. The highest BCUT2D eigenvalue weighted by molar-refractivity contribution is 9.13. The van der Waals surface area contributed by atoms with Gasteiger partial charge in [0.25, 0.3) is 0 Å². The molecule has 18 heavy (non-hydrogen) atoms. The highest BCUT2D eigenvalue weighted by Gasteiger charge is 2.69. The van der Waals surface area contributed by atoms with Gasteiger partial charge >= 0.3 is 11.9 Å². The van der Waals surface area contributed by atoms with Crippen molar-refractivity contribution in [2.45, 2.75) is 28.6 Å². The summed E-state index contributed by atoms with van der Waals surface area (Å²) in [7, 11) is 2.82. The normalized spacial score (nSPS) is 34.6. The first kappa shape index (κ1) is 15.9. The molecule has 1 aliphatic carbocycles. The molecule has 3 unspecified atom stereocenters. The molecule has 1 aliphatic rings. The highest BCUT2D eigenvalue weighted by Crippen LogP contribution is 2.60. The number of halogens is 2. The van der Waals surface area contributed by atoms with E-state index in [2.05, 4.69) is 36.6 Å². The van der Waals surface area contributed by atoms with E-state index in [1.807, 2.05) is 0 Å². The summed E-state index contributed by atoms with van der Waals surface area (Å²) in [5, 5.41) is 0. The van der Waals surface area contributed by atoms with Crippen LogP contribution in [-0.2, 0) is 23.8 Å². The molecule has 3 atom stereocenters. The number of hydrogen-bond acceptors (Lipinski definition) is 5. The van der Waals surface area contributed by atoms with Crippen LogP contribution in [0.15, 0.2) is 0 Å². The average molecular weight is 388 g/mol. The van der Waals surface area contributed by atoms with Crippen LogP contribution in [0, 0.1) is 5.92 Å². The molecular formula is C11H16Br2O5. The third-order valence-electron chi connectivity index (χ3n) is 3.15. The molecule has 1 saturated carbocycles. The number of ether oxygens (including phenoxy) is 3. The van der Waals surface area contributed by atoms with Gasteiger partial charge in [-0.1, -0.05) is 31.9 Å². The van der Waals surface area contributed by atoms with Gasteiger partial charge in [0.15, 0.2) is 4.32 Å². The Morgan fingerprint density at radius 2 is 1.94 bits per heavy atom. The fourth-order valence-corrected chi connectivity index (χ4v) is 3.70. The quantitative estimate of drug-likeness (QED) is 0.533. The Kier molecular flexibility index (Phi) is 5.20. The molecule has 0 aromatic carbocycles. The topological polar surface area (TPSA) is 61.8 Å². The molecule has 0 aromatic rings. The van der Waals surface area contributed by atoms with Gasteiger partial charge in [-0.05, 0) is 13.3 Å². The van der Waals surface area contributed by atoms with E-state index in [0.29, 0.717) is 6.42 Å². The Morgan fingerprint density at radius 1 is 1.33 bits per heavy atom. The molecule has 0 saturated heterocycles. The van der Waals surface area contributed by atoms with E-state index in [1.165, 1.54) is 14.2 Å². The second-order valence-corrected chi connectivity index (χ2v) is 6.58. The van der Waals surface area contributed by atoms with Gasteiger partial charge < -0.3 is 14.2 Å². The van der Waals surface area contributed by atoms with Crippen LogP contribution in [0.5, 0.6) is 0 Å². The summed E-state index contributed by atoms with van der Waals surface area (Å²) in [5.41, 5.74) is 0. The minimum Gasteiger partial charge on any atom is -0.469 e. The number of alkyl halides is 2. The molecule has 104 valence electrons. The lowest BCUT2D eigenvalue weighted by Gasteiger charge is -2.54. The van der Waals surface area contributed by atoms with Crippen LogP contribution in [0.3, 0.4) is 0 Å². The summed E-state index contributed by atoms with van der Waals surface area (Å²) in [6.07, 6.45) is 0.653. The predicted octanol–water partition coefficient (Wildman–Crippen LogP) is 2.00. The monoisotopic (exact) mass is 386 g/mol. The van der Waals surface area contributed by atoms with Gasteiger partial charge in [-0.15, -0.1) is 0 Å². The first-order chi connectivity index (χ1) is 8.35. The predicted molar refractivity (Wildman–Crippen MR) is 71.7 cm³/mol. The Balaban J connectivity index is 2.89. The lowest BCUT2D eigenvalue weighted by Crippen LogP contribution is -2.67. The standard InChI is InChI=1S/C11H16Br2O5/c1-4-18-9(15)11(13)7(5-8(14)16-2)6-10(11,12)17-3/h7H,4-6H2,1-3H3. The molecule has 5 nitrogen and oxygen atoms in total. The van der Waals surface area contributed by atoms with Gasteiger partial charge in [0.05, 0.1) is 20.1 Å². The van der Waals surface area contributed by atoms with Crippen LogP contribution in [-0.4, -0.2) is 41.6 Å². The Hall–Kier alpha value is -0.140. The van der Waals surface area contributed by atoms with Crippen molar-refractivity contribution in [3.05, 3.63) is 0 Å². The molecule has 0 aliphatic heterocycles. The number of carbonyl (C=O) groups is 2. The fraction of sp³-hybridized carbons (Fsp3) is 0.818. The zero-order valence-corrected chi connectivity index (χ0v) is 13.7. The molecule has 1 fully saturated rings. The molecule has 7 heteroatoms. The third-order valence-corrected chi connectivity index (χ3v) is 6.57. The molecule has 0 N–H and O–H groups in total. The van der Waals surface area contributed by atoms with Crippen molar-refractivity contribution < 1.29 is 23.8 Å². The van der Waals surface area contributed by atoms with Crippen molar-refractivity contribution in [3.8, 4) is 0 Å². The Bertz CT molecular complexity index is 348. The maximum Gasteiger partial charge on any atom is 0.327 e. The van der Waals surface area contributed by atoms with E-state index >= 15 is 0 Å². The number of methoxy groups -OCH3 is 2. The average Bonchev–Trinajstić information content (AvgIpc) is 2.36. The third kappa shape index (κ3) is 2.44. The molecule has 0 amide bonds. The van der Waals surface area contributed by atoms with Gasteiger partial charge in [0, 0.05) is 13.0 Å². The van der Waals surface area contributed by atoms with Crippen molar-refractivity contribution in [1.82, 2.24) is 0 Å². The first-order valence-corrected chi connectivity index (χ1v) is 7.11. The van der Waals surface area contributed by atoms with E-state index in [0.717, 1.165) is 0 Å². The van der Waals surface area contributed by atoms with Crippen LogP contribution in [0.2, 0.25) is 0 Å². The van der Waals surface area contributed by atoms with Gasteiger partial charge in [-0.3, -0.25) is 9.59 Å². The summed E-state index contributed by atoms with van der Waals surface area (Å²) in [6, 6.07) is 0. The minimum atomic E-state index is -1.07. The molecule has 0 spiro atoms. The van der Waals surface area contributed by atoms with Gasteiger partial charge in [0.2, 0.25) is 0 Å². The Morgan fingerprint density at radius 3 is 2.39 bits per heavy atom. The van der Waals surface area contributed by atoms with E-state index in [1.54, 1.807) is 6.92 Å². The Labute approximate surface area is 123 Å². The highest BCUT2D eigenvalue weighted by atomic mass is 79.9. The summed E-state index contributed by atoms with van der Waals surface area (Å²) in [5.74, 6) is -1.04. The second-order valence-electron chi connectivity index (χ2n) is 4.05. The van der Waals surface area contributed by atoms with Crippen LogP contribution in [0.25, 0.3) is 0 Å². The molecule has 0 aromatic heterocycles. The second kappa shape index (κ2) is 5.88. The fourth-order valence-electron chi connectivity index (χ4n) is 2.06. The lowest BCUT2D eigenvalue weighted by molar-refractivity contribution is -0.166. The molecule has 0 bridgehead atoms. The number of carbonyl (C=O) groups excluding carboxylic acids is 2. The summed E-state index contributed by atoms with van der Waals surface area (Å²) in [6.45, 7) is 1.99. The van der Waals surface area contributed by atoms with Crippen molar-refractivity contribution in [2.75, 3.05) is 20.8 Å². The number of hydrogen-bond donors (Lipinski definition) is 0. The molecular weight excluding hydrogens is 372 g/mol. The van der Waals surface area contributed by atoms with Gasteiger partial charge in [0.1, 0.15) is 4.51 Å². The lowest BCUT2D eigenvalue weighted by atomic mass is 9.68. The van der Waals surface area contributed by atoms with E-state index in [4.69, 9.17) is 9.47 Å². The van der Waals surface area contributed by atoms with E-state index in [9.17, 15) is 9.59 Å². The van der Waals surface area contributed by atoms with Crippen LogP contribution < -0.4 is 0 Å². The van der Waals surface area contributed by atoms with Crippen molar-refractivity contribution >= 4 is 43.8 Å². The first-order valence-electron chi connectivity index (χ1n) is 5.52. The molecule has 0 heterocycles. The summed E-state index contributed by atoms with van der Waals surface area (Å²) in [4.78, 5) is 23.4.